The van der Waals surface area contributed by atoms with Gasteiger partial charge in [-0.15, -0.1) is 0 Å². The molecule has 1 aliphatic heterocycles. The molecule has 0 saturated carbocycles. The number of hydrogen-bond acceptors (Lipinski definition) is 5. The van der Waals surface area contributed by atoms with Gasteiger partial charge in [0.2, 0.25) is 0 Å². The Hall–Kier alpha value is -1.82. The van der Waals surface area contributed by atoms with Gasteiger partial charge < -0.3 is 10.1 Å². The average molecular weight is 293 g/mol. The van der Waals surface area contributed by atoms with Gasteiger partial charge in [-0.05, 0) is 45.8 Å². The van der Waals surface area contributed by atoms with Gasteiger partial charge in [0.05, 0.1) is 11.5 Å². The maximum absolute atomic E-state index is 10.9. The monoisotopic (exact) mass is 293 g/mol. The molecule has 0 aromatic heterocycles. The normalized spacial score (nSPS) is 16.7. The highest BCUT2D eigenvalue weighted by molar-refractivity contribution is 5.58. The molecule has 1 aromatic carbocycles. The number of nitrogens with one attached hydrogen (secondary N) is 1. The SMILES string of the molecule is CCOc1cc(NCC(C)N2CCCC2)ccc1[N+](=O)[O-]. The number of benzene rings is 1. The van der Waals surface area contributed by atoms with Crippen LogP contribution >= 0.6 is 0 Å². The highest BCUT2D eigenvalue weighted by Gasteiger charge is 2.19. The first-order chi connectivity index (χ1) is 10.1. The Morgan fingerprint density at radius 3 is 2.76 bits per heavy atom. The van der Waals surface area contributed by atoms with Gasteiger partial charge in [-0.25, -0.2) is 0 Å². The van der Waals surface area contributed by atoms with Gasteiger partial charge in [0.25, 0.3) is 0 Å². The third-order valence-corrected chi connectivity index (χ3v) is 3.82. The van der Waals surface area contributed by atoms with Crippen LogP contribution in [-0.2, 0) is 0 Å². The molecule has 1 heterocycles. The van der Waals surface area contributed by atoms with Crippen molar-refractivity contribution in [2.75, 3.05) is 31.6 Å². The van der Waals surface area contributed by atoms with Crippen molar-refractivity contribution in [1.82, 2.24) is 4.90 Å². The van der Waals surface area contributed by atoms with Crippen LogP contribution in [0.2, 0.25) is 0 Å². The van der Waals surface area contributed by atoms with E-state index in [0.717, 1.165) is 25.3 Å². The molecule has 1 saturated heterocycles. The van der Waals surface area contributed by atoms with Crippen LogP contribution < -0.4 is 10.1 Å². The number of nitro groups is 1. The van der Waals surface area contributed by atoms with Gasteiger partial charge in [-0.3, -0.25) is 15.0 Å². The molecule has 0 aliphatic carbocycles. The van der Waals surface area contributed by atoms with Crippen LogP contribution in [0.15, 0.2) is 18.2 Å². The Balaban J connectivity index is 1.99. The van der Waals surface area contributed by atoms with E-state index in [1.54, 1.807) is 12.1 Å². The zero-order chi connectivity index (χ0) is 15.2. The zero-order valence-electron chi connectivity index (χ0n) is 12.7. The zero-order valence-corrected chi connectivity index (χ0v) is 12.7. The summed E-state index contributed by atoms with van der Waals surface area (Å²) in [5.41, 5.74) is 0.866. The molecule has 6 nitrogen and oxygen atoms in total. The molecule has 1 unspecified atom stereocenters. The molecule has 1 N–H and O–H groups in total. The Morgan fingerprint density at radius 2 is 2.14 bits per heavy atom. The van der Waals surface area contributed by atoms with Crippen molar-refractivity contribution < 1.29 is 9.66 Å². The number of rotatable bonds is 7. The van der Waals surface area contributed by atoms with Crippen LogP contribution in [0.5, 0.6) is 5.75 Å². The van der Waals surface area contributed by atoms with E-state index in [2.05, 4.69) is 17.1 Å². The first-order valence-electron chi connectivity index (χ1n) is 7.51. The minimum Gasteiger partial charge on any atom is -0.487 e. The van der Waals surface area contributed by atoms with Gasteiger partial charge >= 0.3 is 5.69 Å². The summed E-state index contributed by atoms with van der Waals surface area (Å²) in [5.74, 6) is 0.321. The lowest BCUT2D eigenvalue weighted by molar-refractivity contribution is -0.385. The number of anilines is 1. The molecule has 2 rings (SSSR count). The maximum atomic E-state index is 10.9. The molecule has 1 atom stereocenters. The summed E-state index contributed by atoms with van der Waals surface area (Å²) in [7, 11) is 0. The van der Waals surface area contributed by atoms with E-state index in [4.69, 9.17) is 4.74 Å². The van der Waals surface area contributed by atoms with Gasteiger partial charge in [-0.1, -0.05) is 0 Å². The van der Waals surface area contributed by atoms with Crippen LogP contribution in [0.3, 0.4) is 0 Å². The van der Waals surface area contributed by atoms with Gasteiger partial charge in [0.15, 0.2) is 5.75 Å². The van der Waals surface area contributed by atoms with E-state index in [9.17, 15) is 10.1 Å². The van der Waals surface area contributed by atoms with Crippen molar-refractivity contribution in [2.45, 2.75) is 32.7 Å². The number of hydrogen-bond donors (Lipinski definition) is 1. The number of likely N-dealkylation sites (tertiary alicyclic amines) is 1. The molecule has 6 heteroatoms. The Bertz CT molecular complexity index is 487. The first kappa shape index (κ1) is 15.6. The molecule has 0 radical (unpaired) electrons. The Labute approximate surface area is 125 Å². The standard InChI is InChI=1S/C15H23N3O3/c1-3-21-15-10-13(6-7-14(15)18(19)20)16-11-12(2)17-8-4-5-9-17/h6-7,10,12,16H,3-5,8-9,11H2,1-2H3. The fourth-order valence-corrected chi connectivity index (χ4v) is 2.62. The highest BCUT2D eigenvalue weighted by atomic mass is 16.6. The fourth-order valence-electron chi connectivity index (χ4n) is 2.62. The Morgan fingerprint density at radius 1 is 1.43 bits per heavy atom. The topological polar surface area (TPSA) is 67.6 Å². The lowest BCUT2D eigenvalue weighted by Crippen LogP contribution is -2.35. The summed E-state index contributed by atoms with van der Waals surface area (Å²) >= 11 is 0. The smallest absolute Gasteiger partial charge is 0.311 e. The summed E-state index contributed by atoms with van der Waals surface area (Å²) in [6.07, 6.45) is 2.55. The number of nitrogens with zero attached hydrogens (tertiary/aromatic N) is 2. The number of nitro benzene ring substituents is 1. The van der Waals surface area contributed by atoms with E-state index in [1.165, 1.54) is 18.9 Å². The van der Waals surface area contributed by atoms with Crippen molar-refractivity contribution in [3.63, 3.8) is 0 Å². The molecule has 0 spiro atoms. The average Bonchev–Trinajstić information content (AvgIpc) is 2.99. The fraction of sp³-hybridized carbons (Fsp3) is 0.600. The van der Waals surface area contributed by atoms with Crippen LogP contribution in [0.4, 0.5) is 11.4 Å². The lowest BCUT2D eigenvalue weighted by Gasteiger charge is -2.24. The molecule has 1 fully saturated rings. The van der Waals surface area contributed by atoms with Crippen molar-refractivity contribution >= 4 is 11.4 Å². The third kappa shape index (κ3) is 4.07. The van der Waals surface area contributed by atoms with E-state index in [1.807, 2.05) is 6.92 Å². The molecular formula is C15H23N3O3. The lowest BCUT2D eigenvalue weighted by atomic mass is 10.2. The summed E-state index contributed by atoms with van der Waals surface area (Å²) < 4.78 is 5.35. The molecule has 21 heavy (non-hydrogen) atoms. The molecule has 1 aromatic rings. The quantitative estimate of drug-likeness (QED) is 0.618. The third-order valence-electron chi connectivity index (χ3n) is 3.82. The van der Waals surface area contributed by atoms with E-state index < -0.39 is 4.92 Å². The van der Waals surface area contributed by atoms with Gasteiger partial charge in [0, 0.05) is 30.4 Å². The molecular weight excluding hydrogens is 270 g/mol. The van der Waals surface area contributed by atoms with Gasteiger partial charge in [0.1, 0.15) is 0 Å². The van der Waals surface area contributed by atoms with Crippen LogP contribution in [0.1, 0.15) is 26.7 Å². The second-order valence-electron chi connectivity index (χ2n) is 5.35. The minimum absolute atomic E-state index is 0.00925. The van der Waals surface area contributed by atoms with Crippen molar-refractivity contribution in [3.05, 3.63) is 28.3 Å². The predicted molar refractivity (Wildman–Crippen MR) is 83.0 cm³/mol. The summed E-state index contributed by atoms with van der Waals surface area (Å²) in [6.45, 7) is 7.57. The molecule has 1 aliphatic rings. The van der Waals surface area contributed by atoms with Crippen molar-refractivity contribution in [3.8, 4) is 5.75 Å². The largest absolute Gasteiger partial charge is 0.487 e. The van der Waals surface area contributed by atoms with Crippen LogP contribution in [0.25, 0.3) is 0 Å². The summed E-state index contributed by atoms with van der Waals surface area (Å²) in [6, 6.07) is 5.39. The minimum atomic E-state index is -0.415. The van der Waals surface area contributed by atoms with Gasteiger partial charge in [-0.2, -0.15) is 0 Å². The first-order valence-corrected chi connectivity index (χ1v) is 7.51. The van der Waals surface area contributed by atoms with Crippen LogP contribution in [-0.4, -0.2) is 42.1 Å². The Kier molecular flexibility index (Phi) is 5.38. The van der Waals surface area contributed by atoms with E-state index in [-0.39, 0.29) is 5.69 Å². The highest BCUT2D eigenvalue weighted by Crippen LogP contribution is 2.30. The molecule has 0 bridgehead atoms. The molecule has 116 valence electrons. The van der Waals surface area contributed by atoms with E-state index >= 15 is 0 Å². The maximum Gasteiger partial charge on any atom is 0.311 e. The summed E-state index contributed by atoms with van der Waals surface area (Å²) in [5, 5.41) is 14.3. The second kappa shape index (κ2) is 7.26. The molecule has 0 amide bonds. The predicted octanol–water partition coefficient (Wildman–Crippen LogP) is 2.89. The van der Waals surface area contributed by atoms with Crippen molar-refractivity contribution in [2.24, 2.45) is 0 Å². The second-order valence-corrected chi connectivity index (χ2v) is 5.35. The summed E-state index contributed by atoms with van der Waals surface area (Å²) in [4.78, 5) is 13.0. The van der Waals surface area contributed by atoms with Crippen molar-refractivity contribution in [1.29, 1.82) is 0 Å². The number of ether oxygens (including phenoxy) is 1. The van der Waals surface area contributed by atoms with E-state index in [0.29, 0.717) is 18.4 Å². The van der Waals surface area contributed by atoms with Crippen LogP contribution in [0, 0.1) is 10.1 Å².